The third kappa shape index (κ3) is 4.71. The number of rotatable bonds is 2. The average Bonchev–Trinajstić information content (AvgIpc) is 2.58. The molecule has 1 aliphatic heterocycles. The molecule has 25 heavy (non-hydrogen) atoms. The zero-order valence-electron chi connectivity index (χ0n) is 14.8. The van der Waals surface area contributed by atoms with Crippen molar-refractivity contribution in [2.75, 3.05) is 13.1 Å². The van der Waals surface area contributed by atoms with Gasteiger partial charge in [-0.2, -0.15) is 0 Å². The molecule has 0 unspecified atom stereocenters. The van der Waals surface area contributed by atoms with Crippen LogP contribution in [-0.2, 0) is 9.59 Å². The van der Waals surface area contributed by atoms with Gasteiger partial charge in [-0.25, -0.2) is 0 Å². The van der Waals surface area contributed by atoms with Crippen molar-refractivity contribution < 1.29 is 19.5 Å². The predicted octanol–water partition coefficient (Wildman–Crippen LogP) is 1.44. The van der Waals surface area contributed by atoms with Gasteiger partial charge in [-0.05, 0) is 25.0 Å². The normalized spacial score (nSPS) is 15.6. The maximum atomic E-state index is 12.2. The lowest BCUT2D eigenvalue weighted by Gasteiger charge is -2.35. The number of hydrogen-bond donors (Lipinski definition) is 3. The lowest BCUT2D eigenvalue weighted by molar-refractivity contribution is -0.142. The number of nitrogens with zero attached hydrogens (tertiary/aromatic N) is 1. The number of phenolic OH excluding ortho intramolecular Hbond substituents is 1. The Kier molecular flexibility index (Phi) is 5.66. The molecule has 0 saturated carbocycles. The number of phenols is 1. The smallest absolute Gasteiger partial charge is 0.273 e. The van der Waals surface area contributed by atoms with Crippen molar-refractivity contribution in [1.82, 2.24) is 15.8 Å². The van der Waals surface area contributed by atoms with Crippen LogP contribution >= 0.6 is 0 Å². The number of hydrazine groups is 1. The molecule has 7 heteroatoms. The fraction of sp³-hybridized carbons (Fsp3) is 0.500. The Balaban J connectivity index is 1.82. The van der Waals surface area contributed by atoms with Crippen LogP contribution in [0.4, 0.5) is 0 Å². The Hall–Kier alpha value is -2.57. The number of hydrogen-bond acceptors (Lipinski definition) is 4. The molecule has 0 atom stereocenters. The number of carbonyl (C=O) groups excluding carboxylic acids is 3. The van der Waals surface area contributed by atoms with Gasteiger partial charge < -0.3 is 10.0 Å². The third-order valence-electron chi connectivity index (χ3n) is 4.24. The summed E-state index contributed by atoms with van der Waals surface area (Å²) in [5.41, 5.74) is 4.38. The van der Waals surface area contributed by atoms with E-state index in [0.717, 1.165) is 0 Å². The van der Waals surface area contributed by atoms with Crippen LogP contribution in [0.25, 0.3) is 0 Å². The van der Waals surface area contributed by atoms with Crippen molar-refractivity contribution in [3.05, 3.63) is 29.8 Å². The largest absolute Gasteiger partial charge is 0.507 e. The second-order valence-electron chi connectivity index (χ2n) is 7.28. The van der Waals surface area contributed by atoms with Crippen LogP contribution in [0.2, 0.25) is 0 Å². The molecule has 3 N–H and O–H groups in total. The van der Waals surface area contributed by atoms with Crippen LogP contribution in [0.5, 0.6) is 5.75 Å². The number of benzene rings is 1. The molecular formula is C18H25N3O4. The first-order chi connectivity index (χ1) is 11.7. The molecule has 1 aromatic carbocycles. The topological polar surface area (TPSA) is 98.7 Å². The van der Waals surface area contributed by atoms with Gasteiger partial charge in [-0.1, -0.05) is 32.9 Å². The highest BCUT2D eigenvalue weighted by Gasteiger charge is 2.32. The highest BCUT2D eigenvalue weighted by Crippen LogP contribution is 2.23. The van der Waals surface area contributed by atoms with Gasteiger partial charge in [0.2, 0.25) is 11.8 Å². The Morgan fingerprint density at radius 3 is 2.24 bits per heavy atom. The Morgan fingerprint density at radius 2 is 1.68 bits per heavy atom. The van der Waals surface area contributed by atoms with E-state index in [1.165, 1.54) is 12.1 Å². The fourth-order valence-electron chi connectivity index (χ4n) is 2.77. The van der Waals surface area contributed by atoms with Gasteiger partial charge in [-0.15, -0.1) is 0 Å². The van der Waals surface area contributed by atoms with Crippen LogP contribution in [-0.4, -0.2) is 40.8 Å². The van der Waals surface area contributed by atoms with E-state index in [1.807, 2.05) is 20.8 Å². The Morgan fingerprint density at radius 1 is 1.08 bits per heavy atom. The monoisotopic (exact) mass is 347 g/mol. The maximum absolute atomic E-state index is 12.2. The van der Waals surface area contributed by atoms with Gasteiger partial charge in [0.05, 0.1) is 5.56 Å². The number of carbonyl (C=O) groups is 3. The molecule has 1 aliphatic rings. The minimum absolute atomic E-state index is 0.0826. The first-order valence-corrected chi connectivity index (χ1v) is 8.37. The van der Waals surface area contributed by atoms with Gasteiger partial charge in [0.15, 0.2) is 0 Å². The summed E-state index contributed by atoms with van der Waals surface area (Å²) in [6.45, 7) is 6.69. The first kappa shape index (κ1) is 18.8. The summed E-state index contributed by atoms with van der Waals surface area (Å²) in [5.74, 6) is -1.19. The van der Waals surface area contributed by atoms with Crippen molar-refractivity contribution in [2.24, 2.45) is 11.3 Å². The summed E-state index contributed by atoms with van der Waals surface area (Å²) in [4.78, 5) is 38.2. The van der Waals surface area contributed by atoms with Gasteiger partial charge >= 0.3 is 0 Å². The minimum Gasteiger partial charge on any atom is -0.507 e. The summed E-state index contributed by atoms with van der Waals surface area (Å²) in [7, 11) is 0. The Labute approximate surface area is 147 Å². The van der Waals surface area contributed by atoms with Crippen molar-refractivity contribution >= 4 is 17.7 Å². The molecule has 1 heterocycles. The van der Waals surface area contributed by atoms with E-state index in [1.54, 1.807) is 17.0 Å². The second-order valence-corrected chi connectivity index (χ2v) is 7.28. The van der Waals surface area contributed by atoms with E-state index in [2.05, 4.69) is 10.9 Å². The van der Waals surface area contributed by atoms with Crippen LogP contribution < -0.4 is 10.9 Å². The third-order valence-corrected chi connectivity index (χ3v) is 4.24. The molecule has 0 aliphatic carbocycles. The van der Waals surface area contributed by atoms with Crippen LogP contribution in [0.15, 0.2) is 24.3 Å². The minimum atomic E-state index is -0.577. The highest BCUT2D eigenvalue weighted by atomic mass is 16.3. The number of para-hydroxylation sites is 1. The second kappa shape index (κ2) is 7.55. The van der Waals surface area contributed by atoms with Crippen molar-refractivity contribution in [2.45, 2.75) is 33.6 Å². The van der Waals surface area contributed by atoms with E-state index in [4.69, 9.17) is 0 Å². The first-order valence-electron chi connectivity index (χ1n) is 8.37. The van der Waals surface area contributed by atoms with E-state index < -0.39 is 11.3 Å². The summed E-state index contributed by atoms with van der Waals surface area (Å²) in [5, 5.41) is 9.63. The SMILES string of the molecule is CC(C)(C)C(=O)N1CCC(C(=O)NNC(=O)c2ccccc2O)CC1. The lowest BCUT2D eigenvalue weighted by Crippen LogP contribution is -2.49. The van der Waals surface area contributed by atoms with Gasteiger partial charge in [0, 0.05) is 24.4 Å². The van der Waals surface area contributed by atoms with Crippen LogP contribution in [0.1, 0.15) is 44.0 Å². The molecule has 2 rings (SSSR count). The van der Waals surface area contributed by atoms with Gasteiger partial charge in [0.25, 0.3) is 5.91 Å². The summed E-state index contributed by atoms with van der Waals surface area (Å²) < 4.78 is 0. The highest BCUT2D eigenvalue weighted by molar-refractivity contribution is 5.97. The van der Waals surface area contributed by atoms with Crippen molar-refractivity contribution in [1.29, 1.82) is 0 Å². The number of amides is 3. The van der Waals surface area contributed by atoms with E-state index >= 15 is 0 Å². The zero-order chi connectivity index (χ0) is 18.6. The number of likely N-dealkylation sites (tertiary alicyclic amines) is 1. The molecule has 0 aromatic heterocycles. The van der Waals surface area contributed by atoms with E-state index in [-0.39, 0.29) is 29.0 Å². The zero-order valence-corrected chi connectivity index (χ0v) is 14.8. The molecule has 0 radical (unpaired) electrons. The summed E-state index contributed by atoms with van der Waals surface area (Å²) >= 11 is 0. The lowest BCUT2D eigenvalue weighted by atomic mass is 9.91. The fourth-order valence-corrected chi connectivity index (χ4v) is 2.77. The summed E-state index contributed by atoms with van der Waals surface area (Å²) in [6, 6.07) is 6.10. The average molecular weight is 347 g/mol. The maximum Gasteiger partial charge on any atom is 0.273 e. The summed E-state index contributed by atoms with van der Waals surface area (Å²) in [6.07, 6.45) is 1.11. The van der Waals surface area contributed by atoms with Crippen molar-refractivity contribution in [3.8, 4) is 5.75 Å². The standard InChI is InChI=1S/C18H25N3O4/c1-18(2,3)17(25)21-10-8-12(9-11-21)15(23)19-20-16(24)13-6-4-5-7-14(13)22/h4-7,12,22H,8-11H2,1-3H3,(H,19,23)(H,20,24). The molecule has 1 aromatic rings. The molecule has 1 fully saturated rings. The van der Waals surface area contributed by atoms with E-state index in [0.29, 0.717) is 25.9 Å². The number of nitrogens with one attached hydrogen (secondary N) is 2. The molecule has 0 bridgehead atoms. The predicted molar refractivity (Wildman–Crippen MR) is 92.5 cm³/mol. The van der Waals surface area contributed by atoms with Gasteiger partial charge in [-0.3, -0.25) is 25.2 Å². The van der Waals surface area contributed by atoms with Gasteiger partial charge in [0.1, 0.15) is 5.75 Å². The molecule has 3 amide bonds. The van der Waals surface area contributed by atoms with Crippen LogP contribution in [0, 0.1) is 11.3 Å². The Bertz CT molecular complexity index is 659. The molecule has 136 valence electrons. The molecular weight excluding hydrogens is 322 g/mol. The van der Waals surface area contributed by atoms with E-state index in [9.17, 15) is 19.5 Å². The molecule has 0 spiro atoms. The van der Waals surface area contributed by atoms with Crippen LogP contribution in [0.3, 0.4) is 0 Å². The number of piperidine rings is 1. The van der Waals surface area contributed by atoms with Crippen molar-refractivity contribution in [3.63, 3.8) is 0 Å². The molecule has 7 nitrogen and oxygen atoms in total. The number of aromatic hydroxyl groups is 1. The quantitative estimate of drug-likeness (QED) is 0.705. The molecule has 1 saturated heterocycles.